The Bertz CT molecular complexity index is 640. The molecule has 0 unspecified atom stereocenters. The maximum atomic E-state index is 12.0. The van der Waals surface area contributed by atoms with Crippen LogP contribution in [0, 0.1) is 0 Å². The molecule has 0 bridgehead atoms. The van der Waals surface area contributed by atoms with Crippen molar-refractivity contribution in [2.24, 2.45) is 0 Å². The molecule has 2 amide bonds. The first-order chi connectivity index (χ1) is 10.2. The molecule has 0 aromatic heterocycles. The lowest BCUT2D eigenvalue weighted by Gasteiger charge is -2.25. The summed E-state index contributed by atoms with van der Waals surface area (Å²) in [5, 5.41) is 2.32. The van der Waals surface area contributed by atoms with Crippen LogP contribution in [-0.4, -0.2) is 52.3 Å². The Kier molecular flexibility index (Phi) is 5.92. The number of carbonyl (C=O) groups excluding carboxylic acids is 2. The fraction of sp³-hybridized carbons (Fsp3) is 0.429. The number of rotatable bonds is 5. The van der Waals surface area contributed by atoms with E-state index in [4.69, 9.17) is 0 Å². The fourth-order valence-electron chi connectivity index (χ4n) is 1.78. The topological polar surface area (TPSA) is 92.8 Å². The molecule has 1 N–H and O–H groups in total. The minimum absolute atomic E-state index is 0.172. The molecule has 1 aromatic carbocycles. The highest BCUT2D eigenvalue weighted by atomic mass is 32.2. The van der Waals surface area contributed by atoms with Crippen LogP contribution in [0.3, 0.4) is 0 Å². The van der Waals surface area contributed by atoms with Crippen LogP contribution in [0.2, 0.25) is 0 Å². The second-order valence-electron chi connectivity index (χ2n) is 4.87. The standard InChI is InChI=1S/C14H20N2O5S/c1-10(16(2)13(17)9-15-14(18)21-3)11-5-7-12(8-6-11)22(4,19)20/h5-8,10H,9H2,1-4H3,(H,15,18)/t10-/m1/s1. The van der Waals surface area contributed by atoms with Crippen LogP contribution < -0.4 is 5.32 Å². The lowest BCUT2D eigenvalue weighted by Crippen LogP contribution is -2.39. The highest BCUT2D eigenvalue weighted by Gasteiger charge is 2.18. The van der Waals surface area contributed by atoms with Gasteiger partial charge in [-0.05, 0) is 24.6 Å². The first kappa shape index (κ1) is 18.0. The summed E-state index contributed by atoms with van der Waals surface area (Å²) in [5.74, 6) is -0.287. The number of alkyl carbamates (subject to hydrolysis) is 1. The summed E-state index contributed by atoms with van der Waals surface area (Å²) in [7, 11) is -0.420. The van der Waals surface area contributed by atoms with Gasteiger partial charge in [0, 0.05) is 13.3 Å². The van der Waals surface area contributed by atoms with Gasteiger partial charge in [-0.3, -0.25) is 4.79 Å². The zero-order valence-electron chi connectivity index (χ0n) is 13.0. The molecule has 0 fully saturated rings. The minimum Gasteiger partial charge on any atom is -0.453 e. The van der Waals surface area contributed by atoms with Crippen molar-refractivity contribution in [2.75, 3.05) is 27.0 Å². The smallest absolute Gasteiger partial charge is 0.407 e. The van der Waals surface area contributed by atoms with E-state index < -0.39 is 15.9 Å². The van der Waals surface area contributed by atoms with Crippen LogP contribution >= 0.6 is 0 Å². The average molecular weight is 328 g/mol. The highest BCUT2D eigenvalue weighted by Crippen LogP contribution is 2.20. The summed E-state index contributed by atoms with van der Waals surface area (Å²) in [6.07, 6.45) is 0.464. The molecule has 22 heavy (non-hydrogen) atoms. The van der Waals surface area contributed by atoms with Crippen LogP contribution in [0.5, 0.6) is 0 Å². The third kappa shape index (κ3) is 4.73. The number of hydrogen-bond donors (Lipinski definition) is 1. The number of benzene rings is 1. The van der Waals surface area contributed by atoms with Gasteiger partial charge in [0.1, 0.15) is 6.54 Å². The van der Waals surface area contributed by atoms with Gasteiger partial charge in [-0.1, -0.05) is 12.1 Å². The molecule has 0 aliphatic carbocycles. The Labute approximate surface area is 130 Å². The van der Waals surface area contributed by atoms with Gasteiger partial charge in [-0.25, -0.2) is 13.2 Å². The number of sulfone groups is 1. The highest BCUT2D eigenvalue weighted by molar-refractivity contribution is 7.90. The number of carbonyl (C=O) groups is 2. The normalized spacial score (nSPS) is 12.4. The lowest BCUT2D eigenvalue weighted by atomic mass is 10.1. The van der Waals surface area contributed by atoms with E-state index in [1.165, 1.54) is 24.1 Å². The molecule has 0 aliphatic heterocycles. The molecule has 0 heterocycles. The summed E-state index contributed by atoms with van der Waals surface area (Å²) in [6, 6.07) is 6.08. The van der Waals surface area contributed by atoms with Gasteiger partial charge in [0.2, 0.25) is 5.91 Å². The average Bonchev–Trinajstić information content (AvgIpc) is 2.49. The maximum absolute atomic E-state index is 12.0. The van der Waals surface area contributed by atoms with E-state index in [9.17, 15) is 18.0 Å². The Balaban J connectivity index is 2.76. The van der Waals surface area contributed by atoms with Crippen molar-refractivity contribution in [1.29, 1.82) is 0 Å². The van der Waals surface area contributed by atoms with Gasteiger partial charge in [0.05, 0.1) is 18.0 Å². The Morgan fingerprint density at radius 1 is 1.27 bits per heavy atom. The van der Waals surface area contributed by atoms with Gasteiger partial charge in [-0.15, -0.1) is 0 Å². The monoisotopic (exact) mass is 328 g/mol. The molecule has 0 aliphatic rings. The van der Waals surface area contributed by atoms with Crippen LogP contribution in [0.1, 0.15) is 18.5 Å². The summed E-state index contributed by atoms with van der Waals surface area (Å²) < 4.78 is 27.2. The van der Waals surface area contributed by atoms with Gasteiger partial charge in [0.25, 0.3) is 0 Å². The molecular weight excluding hydrogens is 308 g/mol. The number of methoxy groups -OCH3 is 1. The van der Waals surface area contributed by atoms with E-state index in [1.807, 2.05) is 6.92 Å². The van der Waals surface area contributed by atoms with E-state index in [2.05, 4.69) is 10.1 Å². The lowest BCUT2D eigenvalue weighted by molar-refractivity contribution is -0.130. The molecule has 0 spiro atoms. The first-order valence-corrected chi connectivity index (χ1v) is 8.43. The molecule has 7 nitrogen and oxygen atoms in total. The minimum atomic E-state index is -3.24. The van der Waals surface area contributed by atoms with Gasteiger partial charge in [-0.2, -0.15) is 0 Å². The second kappa shape index (κ2) is 7.26. The summed E-state index contributed by atoms with van der Waals surface area (Å²) in [5.41, 5.74) is 0.793. The molecule has 1 rings (SSSR count). The zero-order valence-corrected chi connectivity index (χ0v) is 13.8. The third-order valence-corrected chi connectivity index (χ3v) is 4.46. The zero-order chi connectivity index (χ0) is 16.9. The molecule has 0 saturated carbocycles. The van der Waals surface area contributed by atoms with Crippen molar-refractivity contribution >= 4 is 21.8 Å². The summed E-state index contributed by atoms with van der Waals surface area (Å²) in [4.78, 5) is 24.6. The van der Waals surface area contributed by atoms with Crippen molar-refractivity contribution in [3.05, 3.63) is 29.8 Å². The SMILES string of the molecule is COC(=O)NCC(=O)N(C)[C@H](C)c1ccc(S(C)(=O)=O)cc1. The number of amides is 2. The molecule has 0 radical (unpaired) electrons. The van der Waals surface area contributed by atoms with E-state index in [1.54, 1.807) is 19.2 Å². The number of nitrogens with one attached hydrogen (secondary N) is 1. The first-order valence-electron chi connectivity index (χ1n) is 6.54. The second-order valence-corrected chi connectivity index (χ2v) is 6.88. The Morgan fingerprint density at radius 2 is 1.82 bits per heavy atom. The number of nitrogens with zero attached hydrogens (tertiary/aromatic N) is 1. The maximum Gasteiger partial charge on any atom is 0.407 e. The van der Waals surface area contributed by atoms with Crippen molar-refractivity contribution in [3.63, 3.8) is 0 Å². The number of likely N-dealkylation sites (N-methyl/N-ethyl adjacent to an activating group) is 1. The number of hydrogen-bond acceptors (Lipinski definition) is 5. The summed E-state index contributed by atoms with van der Waals surface area (Å²) >= 11 is 0. The quantitative estimate of drug-likeness (QED) is 0.869. The molecule has 1 atom stereocenters. The number of ether oxygens (including phenoxy) is 1. The Morgan fingerprint density at radius 3 is 2.27 bits per heavy atom. The third-order valence-electron chi connectivity index (χ3n) is 3.33. The van der Waals surface area contributed by atoms with Crippen molar-refractivity contribution < 1.29 is 22.7 Å². The molecule has 122 valence electrons. The van der Waals surface area contributed by atoms with Crippen molar-refractivity contribution in [3.8, 4) is 0 Å². The van der Waals surface area contributed by atoms with Crippen LogP contribution in [-0.2, 0) is 19.4 Å². The van der Waals surface area contributed by atoms with Gasteiger partial charge in [0.15, 0.2) is 9.84 Å². The largest absolute Gasteiger partial charge is 0.453 e. The van der Waals surface area contributed by atoms with Crippen LogP contribution in [0.4, 0.5) is 4.79 Å². The van der Waals surface area contributed by atoms with Crippen molar-refractivity contribution in [1.82, 2.24) is 10.2 Å². The molecule has 1 aromatic rings. The van der Waals surface area contributed by atoms with Crippen LogP contribution in [0.15, 0.2) is 29.2 Å². The fourth-order valence-corrected chi connectivity index (χ4v) is 2.41. The van der Waals surface area contributed by atoms with E-state index in [0.717, 1.165) is 11.8 Å². The van der Waals surface area contributed by atoms with Crippen molar-refractivity contribution in [2.45, 2.75) is 17.9 Å². The molecular formula is C14H20N2O5S. The van der Waals surface area contributed by atoms with E-state index in [0.29, 0.717) is 0 Å². The molecule has 8 heteroatoms. The molecule has 0 saturated heterocycles. The van der Waals surface area contributed by atoms with Gasteiger partial charge >= 0.3 is 6.09 Å². The van der Waals surface area contributed by atoms with Crippen LogP contribution in [0.25, 0.3) is 0 Å². The Hall–Kier alpha value is -2.09. The van der Waals surface area contributed by atoms with E-state index in [-0.39, 0.29) is 23.4 Å². The summed E-state index contributed by atoms with van der Waals surface area (Å²) in [6.45, 7) is 1.64. The van der Waals surface area contributed by atoms with Gasteiger partial charge < -0.3 is 15.0 Å². The van der Waals surface area contributed by atoms with E-state index >= 15 is 0 Å². The predicted octanol–water partition coefficient (Wildman–Crippen LogP) is 0.965. The predicted molar refractivity (Wildman–Crippen MR) is 81.1 cm³/mol.